The van der Waals surface area contributed by atoms with Crippen molar-refractivity contribution in [2.75, 3.05) is 12.3 Å². The summed E-state index contributed by atoms with van der Waals surface area (Å²) in [4.78, 5) is 11.9. The van der Waals surface area contributed by atoms with Crippen molar-refractivity contribution in [1.82, 2.24) is 15.5 Å². The van der Waals surface area contributed by atoms with Crippen molar-refractivity contribution in [1.29, 1.82) is 0 Å². The van der Waals surface area contributed by atoms with Crippen LogP contribution in [0.1, 0.15) is 23.8 Å². The first-order chi connectivity index (χ1) is 9.06. The third-order valence-corrected chi connectivity index (χ3v) is 4.34. The molecule has 0 atom stereocenters. The Hall–Kier alpha value is -1.15. The monoisotopic (exact) mass is 390 g/mol. The van der Waals surface area contributed by atoms with E-state index in [1.165, 1.54) is 0 Å². The summed E-state index contributed by atoms with van der Waals surface area (Å²) in [5.41, 5.74) is 7.09. The van der Waals surface area contributed by atoms with Crippen molar-refractivity contribution in [2.45, 2.75) is 13.3 Å². The Bertz CT molecular complexity index is 647. The van der Waals surface area contributed by atoms with Crippen molar-refractivity contribution in [2.24, 2.45) is 0 Å². The van der Waals surface area contributed by atoms with E-state index in [-0.39, 0.29) is 11.6 Å². The van der Waals surface area contributed by atoms with Gasteiger partial charge in [0.15, 0.2) is 5.69 Å². The molecule has 0 bridgehead atoms. The minimum atomic E-state index is -0.307. The van der Waals surface area contributed by atoms with Crippen LogP contribution in [-0.4, -0.2) is 22.6 Å². The number of halogens is 2. The summed E-state index contributed by atoms with van der Waals surface area (Å²) >= 11 is 8.10. The summed E-state index contributed by atoms with van der Waals surface area (Å²) < 4.78 is 0.775. The quantitative estimate of drug-likeness (QED) is 0.790. The molecule has 2 aromatic rings. The van der Waals surface area contributed by atoms with E-state index in [0.29, 0.717) is 28.2 Å². The van der Waals surface area contributed by atoms with E-state index in [4.69, 9.17) is 17.3 Å². The highest BCUT2D eigenvalue weighted by Gasteiger charge is 2.16. The second kappa shape index (κ2) is 5.87. The molecule has 3 N–H and O–H groups in total. The summed E-state index contributed by atoms with van der Waals surface area (Å²) in [5.74, 6) is -0.307. The fraction of sp³-hybridized carbons (Fsp3) is 0.250. The number of benzene rings is 1. The fourth-order valence-corrected chi connectivity index (χ4v) is 2.36. The third kappa shape index (κ3) is 2.74. The molecule has 19 heavy (non-hydrogen) atoms. The van der Waals surface area contributed by atoms with Crippen molar-refractivity contribution in [3.05, 3.63) is 26.4 Å². The summed E-state index contributed by atoms with van der Waals surface area (Å²) in [5, 5.41) is 12.0. The van der Waals surface area contributed by atoms with Crippen molar-refractivity contribution in [3.8, 4) is 0 Å². The first kappa shape index (κ1) is 14.3. The van der Waals surface area contributed by atoms with Gasteiger partial charge in [-0.2, -0.15) is 0 Å². The lowest BCUT2D eigenvalue weighted by Crippen LogP contribution is -2.26. The second-order valence-electron chi connectivity index (χ2n) is 3.98. The van der Waals surface area contributed by atoms with Gasteiger partial charge in [0.1, 0.15) is 5.52 Å². The van der Waals surface area contributed by atoms with E-state index >= 15 is 0 Å². The zero-order valence-electron chi connectivity index (χ0n) is 10.2. The molecule has 0 radical (unpaired) electrons. The lowest BCUT2D eigenvalue weighted by Gasteiger charge is -2.09. The number of nitrogens with two attached hydrogens (primary N) is 1. The number of nitrogen functional groups attached to an aromatic ring is 1. The number of aromatic nitrogens is 2. The average Bonchev–Trinajstić information content (AvgIpc) is 2.41. The molecule has 0 saturated heterocycles. The molecule has 100 valence electrons. The van der Waals surface area contributed by atoms with E-state index in [0.717, 1.165) is 9.99 Å². The Morgan fingerprint density at radius 2 is 2.21 bits per heavy atom. The number of fused-ring (bicyclic) bond motifs is 1. The van der Waals surface area contributed by atoms with Crippen LogP contribution in [0.2, 0.25) is 5.02 Å². The van der Waals surface area contributed by atoms with Crippen LogP contribution in [-0.2, 0) is 0 Å². The number of carbonyl (C=O) groups excluding carboxylic acids is 1. The topological polar surface area (TPSA) is 80.9 Å². The lowest BCUT2D eigenvalue weighted by atomic mass is 10.1. The van der Waals surface area contributed by atoms with Crippen molar-refractivity contribution < 1.29 is 4.79 Å². The van der Waals surface area contributed by atoms with Gasteiger partial charge in [-0.15, -0.1) is 10.2 Å². The molecule has 1 heterocycles. The van der Waals surface area contributed by atoms with Crippen LogP contribution in [0.4, 0.5) is 5.69 Å². The smallest absolute Gasteiger partial charge is 0.273 e. The maximum atomic E-state index is 11.9. The largest absolute Gasteiger partial charge is 0.396 e. The standard InChI is InChI=1S/C12H12ClIN4O/c1-2-5-16-12(19)11-9(15)6-3-4-7(13)8(14)10(6)17-18-11/h3-4H,2,5H2,1H3,(H2,15,17)(H,16,19). The van der Waals surface area contributed by atoms with Gasteiger partial charge < -0.3 is 11.1 Å². The molecule has 7 heteroatoms. The maximum absolute atomic E-state index is 11.9. The molecule has 0 fully saturated rings. The molecule has 0 aliphatic heterocycles. The maximum Gasteiger partial charge on any atom is 0.273 e. The molecule has 1 aromatic heterocycles. The molecule has 0 spiro atoms. The number of hydrogen-bond acceptors (Lipinski definition) is 4. The van der Waals surface area contributed by atoms with Gasteiger partial charge in [-0.25, -0.2) is 0 Å². The van der Waals surface area contributed by atoms with Crippen LogP contribution in [0.15, 0.2) is 12.1 Å². The molecule has 0 unspecified atom stereocenters. The van der Waals surface area contributed by atoms with Gasteiger partial charge in [0.2, 0.25) is 0 Å². The normalized spacial score (nSPS) is 10.7. The second-order valence-corrected chi connectivity index (χ2v) is 5.46. The van der Waals surface area contributed by atoms with Crippen LogP contribution in [0.3, 0.4) is 0 Å². The molecule has 5 nitrogen and oxygen atoms in total. The fourth-order valence-electron chi connectivity index (χ4n) is 1.63. The van der Waals surface area contributed by atoms with E-state index in [1.807, 2.05) is 6.92 Å². The lowest BCUT2D eigenvalue weighted by molar-refractivity contribution is 0.0949. The molecule has 1 aromatic carbocycles. The molecule has 0 aliphatic carbocycles. The summed E-state index contributed by atoms with van der Waals surface area (Å²) in [6.45, 7) is 2.55. The Kier molecular flexibility index (Phi) is 4.41. The predicted molar refractivity (Wildman–Crippen MR) is 84.3 cm³/mol. The van der Waals surface area contributed by atoms with Gasteiger partial charge in [-0.1, -0.05) is 18.5 Å². The first-order valence-electron chi connectivity index (χ1n) is 5.74. The highest BCUT2D eigenvalue weighted by molar-refractivity contribution is 14.1. The summed E-state index contributed by atoms with van der Waals surface area (Å²) in [7, 11) is 0. The number of hydrogen-bond donors (Lipinski definition) is 2. The van der Waals surface area contributed by atoms with Crippen LogP contribution in [0, 0.1) is 3.57 Å². The van der Waals surface area contributed by atoms with Crippen LogP contribution < -0.4 is 11.1 Å². The summed E-state index contributed by atoms with van der Waals surface area (Å²) in [6, 6.07) is 3.48. The number of anilines is 1. The first-order valence-corrected chi connectivity index (χ1v) is 7.20. The average molecular weight is 391 g/mol. The van der Waals surface area contributed by atoms with E-state index in [1.54, 1.807) is 12.1 Å². The zero-order chi connectivity index (χ0) is 14.0. The van der Waals surface area contributed by atoms with Crippen LogP contribution >= 0.6 is 34.2 Å². The van der Waals surface area contributed by atoms with Gasteiger partial charge >= 0.3 is 0 Å². The minimum Gasteiger partial charge on any atom is -0.396 e. The molecular formula is C12H12ClIN4O. The van der Waals surface area contributed by atoms with Gasteiger partial charge in [0.25, 0.3) is 5.91 Å². The number of nitrogens with zero attached hydrogens (tertiary/aromatic N) is 2. The zero-order valence-corrected chi connectivity index (χ0v) is 13.1. The highest BCUT2D eigenvalue weighted by atomic mass is 127. The van der Waals surface area contributed by atoms with Crippen molar-refractivity contribution in [3.63, 3.8) is 0 Å². The van der Waals surface area contributed by atoms with Gasteiger partial charge in [-0.05, 0) is 41.1 Å². The number of nitrogens with one attached hydrogen (secondary N) is 1. The van der Waals surface area contributed by atoms with E-state index < -0.39 is 0 Å². The number of carbonyl (C=O) groups is 1. The van der Waals surface area contributed by atoms with Gasteiger partial charge in [0, 0.05) is 11.9 Å². The Labute approximate surface area is 129 Å². The predicted octanol–water partition coefficient (Wildman–Crippen LogP) is 2.61. The van der Waals surface area contributed by atoms with Crippen LogP contribution in [0.5, 0.6) is 0 Å². The molecule has 2 rings (SSSR count). The Balaban J connectivity index is 2.52. The Morgan fingerprint density at radius 3 is 2.89 bits per heavy atom. The number of amides is 1. The SMILES string of the molecule is CCCNC(=O)c1nnc2c(I)c(Cl)ccc2c1N. The molecule has 0 aliphatic rings. The third-order valence-electron chi connectivity index (χ3n) is 2.61. The van der Waals surface area contributed by atoms with Gasteiger partial charge in [-0.3, -0.25) is 4.79 Å². The van der Waals surface area contributed by atoms with E-state index in [9.17, 15) is 4.79 Å². The molecule has 0 saturated carbocycles. The Morgan fingerprint density at radius 1 is 1.47 bits per heavy atom. The van der Waals surface area contributed by atoms with E-state index in [2.05, 4.69) is 38.1 Å². The molecular weight excluding hydrogens is 379 g/mol. The minimum absolute atomic E-state index is 0.152. The van der Waals surface area contributed by atoms with Crippen molar-refractivity contribution >= 4 is 56.7 Å². The van der Waals surface area contributed by atoms with Crippen LogP contribution in [0.25, 0.3) is 10.9 Å². The number of rotatable bonds is 3. The van der Waals surface area contributed by atoms with Gasteiger partial charge in [0.05, 0.1) is 14.3 Å². The summed E-state index contributed by atoms with van der Waals surface area (Å²) in [6.07, 6.45) is 0.847. The molecule has 1 amide bonds. The highest BCUT2D eigenvalue weighted by Crippen LogP contribution is 2.29.